The lowest BCUT2D eigenvalue weighted by Crippen LogP contribution is -2.26. The van der Waals surface area contributed by atoms with Gasteiger partial charge in [0.25, 0.3) is 0 Å². The molecule has 0 unspecified atom stereocenters. The standard InChI is InChI=1S/C19H18N4O2/c1-11-3-8-14-15(9-11)22-19(21-14)17-16(24)10-23(18(17)20)12-4-6-13(25-2)7-5-12/h3-9,20,24H,10H2,1-2H3,(H,21,22). The Balaban J connectivity index is 1.69. The second-order valence-corrected chi connectivity index (χ2v) is 6.06. The number of nitrogens with zero attached hydrogens (tertiary/aromatic N) is 2. The lowest BCUT2D eigenvalue weighted by atomic mass is 10.2. The minimum atomic E-state index is 0.136. The van der Waals surface area contributed by atoms with Gasteiger partial charge in [-0.25, -0.2) is 4.98 Å². The van der Waals surface area contributed by atoms with E-state index >= 15 is 0 Å². The lowest BCUT2D eigenvalue weighted by molar-refractivity contribution is 0.411. The van der Waals surface area contributed by atoms with E-state index in [-0.39, 0.29) is 18.1 Å². The summed E-state index contributed by atoms with van der Waals surface area (Å²) >= 11 is 0. The number of aliphatic hydroxyl groups excluding tert-OH is 1. The number of aromatic nitrogens is 2. The zero-order valence-corrected chi connectivity index (χ0v) is 14.0. The molecule has 6 nitrogen and oxygen atoms in total. The van der Waals surface area contributed by atoms with Crippen LogP contribution in [0.2, 0.25) is 0 Å². The zero-order chi connectivity index (χ0) is 17.6. The summed E-state index contributed by atoms with van der Waals surface area (Å²) in [5, 5.41) is 18.9. The van der Waals surface area contributed by atoms with Crippen molar-refractivity contribution < 1.29 is 9.84 Å². The van der Waals surface area contributed by atoms with Crippen LogP contribution < -0.4 is 9.64 Å². The Morgan fingerprint density at radius 1 is 1.20 bits per heavy atom. The van der Waals surface area contributed by atoms with E-state index in [4.69, 9.17) is 10.1 Å². The molecule has 6 heteroatoms. The fraction of sp³-hybridized carbons (Fsp3) is 0.158. The molecule has 4 rings (SSSR count). The molecule has 0 radical (unpaired) electrons. The third kappa shape index (κ3) is 2.52. The average molecular weight is 334 g/mol. The number of nitrogens with one attached hydrogen (secondary N) is 2. The molecule has 3 aromatic rings. The second-order valence-electron chi connectivity index (χ2n) is 6.06. The summed E-state index contributed by atoms with van der Waals surface area (Å²) in [5.41, 5.74) is 4.09. The number of benzene rings is 2. The molecule has 0 saturated carbocycles. The molecule has 0 fully saturated rings. The van der Waals surface area contributed by atoms with Crippen molar-refractivity contribution in [2.45, 2.75) is 6.92 Å². The zero-order valence-electron chi connectivity index (χ0n) is 14.0. The van der Waals surface area contributed by atoms with E-state index in [1.807, 2.05) is 49.4 Å². The van der Waals surface area contributed by atoms with E-state index in [1.54, 1.807) is 12.0 Å². The van der Waals surface area contributed by atoms with Crippen molar-refractivity contribution in [2.24, 2.45) is 0 Å². The molecule has 126 valence electrons. The highest BCUT2D eigenvalue weighted by atomic mass is 16.5. The molecule has 25 heavy (non-hydrogen) atoms. The second kappa shape index (κ2) is 5.66. The molecule has 0 amide bonds. The smallest absolute Gasteiger partial charge is 0.145 e. The number of methoxy groups -OCH3 is 1. The van der Waals surface area contributed by atoms with Gasteiger partial charge in [-0.1, -0.05) is 6.07 Å². The van der Waals surface area contributed by atoms with Crippen molar-refractivity contribution >= 4 is 28.1 Å². The van der Waals surface area contributed by atoms with Crippen LogP contribution in [0.15, 0.2) is 48.2 Å². The van der Waals surface area contributed by atoms with E-state index in [0.717, 1.165) is 28.0 Å². The van der Waals surface area contributed by atoms with Gasteiger partial charge in [0.05, 0.1) is 30.3 Å². The summed E-state index contributed by atoms with van der Waals surface area (Å²) in [7, 11) is 1.61. The van der Waals surface area contributed by atoms with E-state index in [1.165, 1.54) is 0 Å². The fourth-order valence-electron chi connectivity index (χ4n) is 3.05. The molecule has 1 aromatic heterocycles. The van der Waals surface area contributed by atoms with Crippen LogP contribution in [0.25, 0.3) is 16.6 Å². The Hall–Kier alpha value is -3.28. The van der Waals surface area contributed by atoms with Crippen molar-refractivity contribution in [1.29, 1.82) is 5.41 Å². The maximum atomic E-state index is 10.4. The van der Waals surface area contributed by atoms with Gasteiger partial charge in [-0.05, 0) is 48.9 Å². The summed E-state index contributed by atoms with van der Waals surface area (Å²) in [6, 6.07) is 13.3. The van der Waals surface area contributed by atoms with Gasteiger partial charge >= 0.3 is 0 Å². The number of aryl methyl sites for hydroxylation is 1. The van der Waals surface area contributed by atoms with Crippen LogP contribution in [-0.2, 0) is 0 Å². The van der Waals surface area contributed by atoms with Crippen LogP contribution in [0.4, 0.5) is 5.69 Å². The molecule has 0 atom stereocenters. The first-order valence-corrected chi connectivity index (χ1v) is 7.96. The van der Waals surface area contributed by atoms with Gasteiger partial charge in [0.2, 0.25) is 0 Å². The lowest BCUT2D eigenvalue weighted by Gasteiger charge is -2.18. The largest absolute Gasteiger partial charge is 0.509 e. The SMILES string of the molecule is COc1ccc(N2CC(O)=C(c3nc4ccc(C)cc4[nH]3)C2=N)cc1. The van der Waals surface area contributed by atoms with Crippen molar-refractivity contribution in [2.75, 3.05) is 18.6 Å². The van der Waals surface area contributed by atoms with Crippen molar-refractivity contribution in [3.63, 3.8) is 0 Å². The van der Waals surface area contributed by atoms with Crippen LogP contribution in [0.5, 0.6) is 5.75 Å². The number of aromatic amines is 1. The highest BCUT2D eigenvalue weighted by Gasteiger charge is 2.31. The number of aliphatic hydroxyl groups is 1. The molecule has 0 spiro atoms. The number of fused-ring (bicyclic) bond motifs is 1. The summed E-state index contributed by atoms with van der Waals surface area (Å²) in [6.45, 7) is 2.26. The summed E-state index contributed by atoms with van der Waals surface area (Å²) < 4.78 is 5.17. The van der Waals surface area contributed by atoms with Crippen LogP contribution in [0, 0.1) is 12.3 Å². The molecule has 1 aliphatic rings. The van der Waals surface area contributed by atoms with Crippen LogP contribution >= 0.6 is 0 Å². The van der Waals surface area contributed by atoms with Crippen LogP contribution in [-0.4, -0.2) is 34.6 Å². The monoisotopic (exact) mass is 334 g/mol. The molecular weight excluding hydrogens is 316 g/mol. The minimum absolute atomic E-state index is 0.136. The van der Waals surface area contributed by atoms with E-state index < -0.39 is 0 Å². The third-order valence-electron chi connectivity index (χ3n) is 4.36. The molecule has 0 aliphatic carbocycles. The normalized spacial score (nSPS) is 14.6. The molecule has 2 aromatic carbocycles. The van der Waals surface area contributed by atoms with E-state index in [0.29, 0.717) is 11.4 Å². The quantitative estimate of drug-likeness (QED) is 0.682. The van der Waals surface area contributed by atoms with Crippen LogP contribution in [0.3, 0.4) is 0 Å². The third-order valence-corrected chi connectivity index (χ3v) is 4.36. The van der Waals surface area contributed by atoms with Gasteiger partial charge in [0.15, 0.2) is 0 Å². The number of rotatable bonds is 3. The van der Waals surface area contributed by atoms with Gasteiger partial charge in [-0.15, -0.1) is 0 Å². The van der Waals surface area contributed by atoms with E-state index in [2.05, 4.69) is 9.97 Å². The van der Waals surface area contributed by atoms with Gasteiger partial charge in [0.1, 0.15) is 23.2 Å². The number of amidine groups is 1. The molecule has 3 N–H and O–H groups in total. The minimum Gasteiger partial charge on any atom is -0.509 e. The predicted molar refractivity (Wildman–Crippen MR) is 98.4 cm³/mol. The van der Waals surface area contributed by atoms with Gasteiger partial charge in [0, 0.05) is 5.69 Å². The number of hydrogen-bond donors (Lipinski definition) is 3. The number of H-pyrrole nitrogens is 1. The van der Waals surface area contributed by atoms with Crippen molar-refractivity contribution in [3.05, 3.63) is 59.6 Å². The molecular formula is C19H18N4O2. The Bertz CT molecular complexity index is 1000. The summed E-state index contributed by atoms with van der Waals surface area (Å²) in [6.07, 6.45) is 0. The molecule has 0 saturated heterocycles. The highest BCUT2D eigenvalue weighted by Crippen LogP contribution is 2.31. The number of imidazole rings is 1. The van der Waals surface area contributed by atoms with Gasteiger partial charge in [-0.3, -0.25) is 5.41 Å². The van der Waals surface area contributed by atoms with Crippen molar-refractivity contribution in [1.82, 2.24) is 9.97 Å². The first-order chi connectivity index (χ1) is 12.1. The maximum absolute atomic E-state index is 10.4. The summed E-state index contributed by atoms with van der Waals surface area (Å²) in [4.78, 5) is 9.48. The Morgan fingerprint density at radius 2 is 1.96 bits per heavy atom. The topological polar surface area (TPSA) is 85.2 Å². The molecule has 1 aliphatic heterocycles. The maximum Gasteiger partial charge on any atom is 0.145 e. The number of hydrogen-bond acceptors (Lipinski definition) is 4. The average Bonchev–Trinajstić information content (AvgIpc) is 3.14. The first kappa shape index (κ1) is 15.3. The summed E-state index contributed by atoms with van der Waals surface area (Å²) in [5.74, 6) is 1.62. The number of ether oxygens (including phenoxy) is 1. The Morgan fingerprint density at radius 3 is 2.68 bits per heavy atom. The highest BCUT2D eigenvalue weighted by molar-refractivity contribution is 6.30. The van der Waals surface area contributed by atoms with Crippen molar-refractivity contribution in [3.8, 4) is 5.75 Å². The Labute approximate surface area is 144 Å². The molecule has 2 heterocycles. The van der Waals surface area contributed by atoms with Gasteiger partial charge in [-0.2, -0.15) is 0 Å². The van der Waals surface area contributed by atoms with E-state index in [9.17, 15) is 5.11 Å². The molecule has 0 bridgehead atoms. The van der Waals surface area contributed by atoms with Crippen LogP contribution in [0.1, 0.15) is 11.4 Å². The Kier molecular flexibility index (Phi) is 3.46. The number of anilines is 1. The van der Waals surface area contributed by atoms with Gasteiger partial charge < -0.3 is 19.7 Å². The first-order valence-electron chi connectivity index (χ1n) is 7.96. The fourth-order valence-corrected chi connectivity index (χ4v) is 3.05. The predicted octanol–water partition coefficient (Wildman–Crippen LogP) is 3.65.